The van der Waals surface area contributed by atoms with Gasteiger partial charge >= 0.3 is 0 Å². The molecule has 1 heterocycles. The summed E-state index contributed by atoms with van der Waals surface area (Å²) in [5, 5.41) is 0. The van der Waals surface area contributed by atoms with Crippen molar-refractivity contribution in [3.63, 3.8) is 0 Å². The maximum Gasteiger partial charge on any atom is 0.185 e. The first-order chi connectivity index (χ1) is 11.8. The van der Waals surface area contributed by atoms with E-state index < -0.39 is 0 Å². The smallest absolute Gasteiger partial charge is 0.185 e. The zero-order valence-electron chi connectivity index (χ0n) is 13.2. The van der Waals surface area contributed by atoms with E-state index in [-0.39, 0.29) is 5.78 Å². The molecule has 0 saturated heterocycles. The third kappa shape index (κ3) is 3.84. The van der Waals surface area contributed by atoms with Crippen molar-refractivity contribution in [1.82, 2.24) is 0 Å². The summed E-state index contributed by atoms with van der Waals surface area (Å²) >= 11 is 0. The molecule has 0 saturated carbocycles. The lowest BCUT2D eigenvalue weighted by molar-refractivity contribution is 0.104. The highest BCUT2D eigenvalue weighted by molar-refractivity contribution is 6.07. The summed E-state index contributed by atoms with van der Waals surface area (Å²) in [5.74, 6) is 1.98. The Bertz CT molecular complexity index is 760. The maximum atomic E-state index is 12.3. The van der Waals surface area contributed by atoms with E-state index in [0.717, 1.165) is 11.3 Å². The van der Waals surface area contributed by atoms with Crippen molar-refractivity contribution in [3.8, 4) is 17.2 Å². The van der Waals surface area contributed by atoms with Gasteiger partial charge in [0, 0.05) is 5.56 Å². The van der Waals surface area contributed by atoms with Crippen LogP contribution in [0.5, 0.6) is 17.2 Å². The molecule has 3 rings (SSSR count). The minimum absolute atomic E-state index is 0.0843. The molecule has 2 aromatic carbocycles. The number of benzene rings is 2. The predicted octanol–water partition coefficient (Wildman–Crippen LogP) is 3.92. The number of allylic oxidation sites excluding steroid dienone is 1. The molecule has 2 aromatic rings. The zero-order chi connectivity index (χ0) is 16.8. The molecule has 0 unspecified atom stereocenters. The Morgan fingerprint density at radius 2 is 1.83 bits per heavy atom. The summed E-state index contributed by atoms with van der Waals surface area (Å²) in [6.45, 7) is 5.11. The van der Waals surface area contributed by atoms with Crippen LogP contribution in [0.2, 0.25) is 0 Å². The Labute approximate surface area is 141 Å². The van der Waals surface area contributed by atoms with Gasteiger partial charge in [-0.2, -0.15) is 0 Å². The Morgan fingerprint density at radius 3 is 2.58 bits per heavy atom. The van der Waals surface area contributed by atoms with Crippen LogP contribution >= 0.6 is 0 Å². The molecule has 0 bridgehead atoms. The van der Waals surface area contributed by atoms with Crippen molar-refractivity contribution in [2.45, 2.75) is 0 Å². The normalized spacial score (nSPS) is 12.8. The SMILES string of the molecule is C=CCOc1ccc(/C=C\C(=O)c2ccc3c(c2)OCCO3)cc1. The van der Waals surface area contributed by atoms with E-state index in [1.165, 1.54) is 0 Å². The number of carbonyl (C=O) groups is 1. The van der Waals surface area contributed by atoms with Crippen molar-refractivity contribution in [3.05, 3.63) is 72.3 Å². The predicted molar refractivity (Wildman–Crippen MR) is 92.9 cm³/mol. The monoisotopic (exact) mass is 322 g/mol. The van der Waals surface area contributed by atoms with Crippen LogP contribution in [0.1, 0.15) is 15.9 Å². The summed E-state index contributed by atoms with van der Waals surface area (Å²) in [4.78, 5) is 12.3. The lowest BCUT2D eigenvalue weighted by Gasteiger charge is -2.18. The van der Waals surface area contributed by atoms with Gasteiger partial charge in [-0.25, -0.2) is 0 Å². The van der Waals surface area contributed by atoms with Gasteiger partial charge in [-0.1, -0.05) is 30.9 Å². The van der Waals surface area contributed by atoms with Gasteiger partial charge < -0.3 is 14.2 Å². The summed E-state index contributed by atoms with van der Waals surface area (Å²) in [6, 6.07) is 12.7. The highest BCUT2D eigenvalue weighted by Gasteiger charge is 2.13. The fourth-order valence-corrected chi connectivity index (χ4v) is 2.30. The molecule has 0 fully saturated rings. The highest BCUT2D eigenvalue weighted by atomic mass is 16.6. The molecule has 0 atom stereocenters. The third-order valence-electron chi connectivity index (χ3n) is 3.50. The molecular formula is C20H18O4. The third-order valence-corrected chi connectivity index (χ3v) is 3.50. The van der Waals surface area contributed by atoms with Gasteiger partial charge in [0.05, 0.1) is 0 Å². The summed E-state index contributed by atoms with van der Waals surface area (Å²) in [7, 11) is 0. The van der Waals surface area contributed by atoms with Crippen molar-refractivity contribution < 1.29 is 19.0 Å². The number of hydrogen-bond acceptors (Lipinski definition) is 4. The van der Waals surface area contributed by atoms with Crippen molar-refractivity contribution in [2.75, 3.05) is 19.8 Å². The van der Waals surface area contributed by atoms with Gasteiger partial charge in [0.15, 0.2) is 17.3 Å². The van der Waals surface area contributed by atoms with Crippen LogP contribution in [0.25, 0.3) is 6.08 Å². The van der Waals surface area contributed by atoms with E-state index in [9.17, 15) is 4.79 Å². The van der Waals surface area contributed by atoms with Crippen LogP contribution in [-0.2, 0) is 0 Å². The summed E-state index contributed by atoms with van der Waals surface area (Å²) in [5.41, 5.74) is 1.49. The van der Waals surface area contributed by atoms with E-state index >= 15 is 0 Å². The Morgan fingerprint density at radius 1 is 1.08 bits per heavy atom. The Kier molecular flexibility index (Phi) is 4.96. The molecule has 4 nitrogen and oxygen atoms in total. The Balaban J connectivity index is 1.67. The van der Waals surface area contributed by atoms with Gasteiger partial charge in [-0.05, 0) is 42.0 Å². The number of rotatable bonds is 6. The van der Waals surface area contributed by atoms with E-state index in [1.807, 2.05) is 24.3 Å². The largest absolute Gasteiger partial charge is 0.490 e. The molecule has 24 heavy (non-hydrogen) atoms. The lowest BCUT2D eigenvalue weighted by Crippen LogP contribution is -2.15. The fraction of sp³-hybridized carbons (Fsp3) is 0.150. The van der Waals surface area contributed by atoms with Gasteiger partial charge in [-0.15, -0.1) is 0 Å². The maximum absolute atomic E-state index is 12.3. The molecule has 4 heteroatoms. The number of hydrogen-bond donors (Lipinski definition) is 0. The average Bonchev–Trinajstić information content (AvgIpc) is 2.65. The second-order valence-corrected chi connectivity index (χ2v) is 5.22. The minimum Gasteiger partial charge on any atom is -0.490 e. The van der Waals surface area contributed by atoms with E-state index in [1.54, 1.807) is 36.4 Å². The van der Waals surface area contributed by atoms with Gasteiger partial charge in [0.1, 0.15) is 25.6 Å². The van der Waals surface area contributed by atoms with Crippen LogP contribution in [0.3, 0.4) is 0 Å². The highest BCUT2D eigenvalue weighted by Crippen LogP contribution is 2.31. The molecule has 0 N–H and O–H groups in total. The summed E-state index contributed by atoms with van der Waals surface area (Å²) < 4.78 is 16.4. The molecule has 0 aromatic heterocycles. The molecular weight excluding hydrogens is 304 g/mol. The van der Waals surface area contributed by atoms with Crippen LogP contribution in [0.4, 0.5) is 0 Å². The van der Waals surface area contributed by atoms with E-state index in [0.29, 0.717) is 36.9 Å². The number of ketones is 1. The second kappa shape index (κ2) is 7.51. The standard InChI is InChI=1S/C20H18O4/c1-2-11-22-17-7-3-15(4-8-17)5-9-18(21)16-6-10-19-20(14-16)24-13-12-23-19/h2-10,14H,1,11-13H2/b9-5-. The minimum atomic E-state index is -0.0843. The van der Waals surface area contributed by atoms with Crippen LogP contribution < -0.4 is 14.2 Å². The molecule has 0 amide bonds. The number of carbonyl (C=O) groups excluding carboxylic acids is 1. The summed E-state index contributed by atoms with van der Waals surface area (Å²) in [6.07, 6.45) is 5.02. The quantitative estimate of drug-likeness (QED) is 0.459. The van der Waals surface area contributed by atoms with Crippen molar-refractivity contribution in [2.24, 2.45) is 0 Å². The van der Waals surface area contributed by atoms with Crippen LogP contribution in [0.15, 0.2) is 61.2 Å². The molecule has 0 aliphatic carbocycles. The average molecular weight is 322 g/mol. The zero-order valence-corrected chi connectivity index (χ0v) is 13.2. The molecule has 0 spiro atoms. The first kappa shape index (κ1) is 15.9. The number of ether oxygens (including phenoxy) is 3. The van der Waals surface area contributed by atoms with Crippen LogP contribution in [-0.4, -0.2) is 25.6 Å². The van der Waals surface area contributed by atoms with Gasteiger partial charge in [0.25, 0.3) is 0 Å². The van der Waals surface area contributed by atoms with Crippen LogP contribution in [0, 0.1) is 0 Å². The second-order valence-electron chi connectivity index (χ2n) is 5.22. The van der Waals surface area contributed by atoms with Gasteiger partial charge in [0.2, 0.25) is 0 Å². The van der Waals surface area contributed by atoms with Gasteiger partial charge in [-0.3, -0.25) is 4.79 Å². The molecule has 1 aliphatic rings. The van der Waals surface area contributed by atoms with E-state index in [2.05, 4.69) is 6.58 Å². The topological polar surface area (TPSA) is 44.8 Å². The molecule has 0 radical (unpaired) electrons. The first-order valence-electron chi connectivity index (χ1n) is 7.72. The number of fused-ring (bicyclic) bond motifs is 1. The van der Waals surface area contributed by atoms with Crippen molar-refractivity contribution in [1.29, 1.82) is 0 Å². The lowest BCUT2D eigenvalue weighted by atomic mass is 10.1. The van der Waals surface area contributed by atoms with Crippen molar-refractivity contribution >= 4 is 11.9 Å². The fourth-order valence-electron chi connectivity index (χ4n) is 2.30. The first-order valence-corrected chi connectivity index (χ1v) is 7.72. The van der Waals surface area contributed by atoms with E-state index in [4.69, 9.17) is 14.2 Å². The Hall–Kier alpha value is -3.01. The molecule has 122 valence electrons. The molecule has 1 aliphatic heterocycles.